The van der Waals surface area contributed by atoms with Crippen LogP contribution in [0.2, 0.25) is 0 Å². The van der Waals surface area contributed by atoms with Gasteiger partial charge in [-0.05, 0) is 29.5 Å². The number of tetrazole rings is 1. The van der Waals surface area contributed by atoms with Gasteiger partial charge in [0.05, 0.1) is 7.05 Å². The van der Waals surface area contributed by atoms with Gasteiger partial charge in [0.25, 0.3) is 0 Å². The molecule has 0 atom stereocenters. The summed E-state index contributed by atoms with van der Waals surface area (Å²) in [6.45, 7) is 3.58. The number of aryl methyl sites for hydroxylation is 1. The molecular formula is C12H16FN5O. The fraction of sp³-hybridized carbons (Fsp3) is 0.417. The first-order valence-electron chi connectivity index (χ1n) is 6.04. The van der Waals surface area contributed by atoms with Crippen molar-refractivity contribution in [3.05, 3.63) is 35.4 Å². The van der Waals surface area contributed by atoms with E-state index in [1.807, 2.05) is 13.0 Å². The Balaban J connectivity index is 1.96. The molecule has 2 rings (SSSR count). The molecule has 19 heavy (non-hydrogen) atoms. The summed E-state index contributed by atoms with van der Waals surface area (Å²) in [4.78, 5) is 1.33. The molecule has 102 valence electrons. The Morgan fingerprint density at radius 1 is 1.42 bits per heavy atom. The molecule has 0 saturated heterocycles. The molecule has 0 fully saturated rings. The molecule has 1 N–H and O–H groups in total. The maximum Gasteiger partial charge on any atom is 0.212 e. The van der Waals surface area contributed by atoms with Crippen LogP contribution < -0.4 is 10.1 Å². The average Bonchev–Trinajstić information content (AvgIpc) is 2.81. The third-order valence-corrected chi connectivity index (χ3v) is 2.48. The van der Waals surface area contributed by atoms with Crippen molar-refractivity contribution in [3.8, 4) is 5.75 Å². The van der Waals surface area contributed by atoms with Gasteiger partial charge in [-0.15, -0.1) is 10.2 Å². The smallest absolute Gasteiger partial charge is 0.212 e. The lowest BCUT2D eigenvalue weighted by molar-refractivity contribution is 0.280. The van der Waals surface area contributed by atoms with Crippen molar-refractivity contribution in [2.45, 2.75) is 20.1 Å². The van der Waals surface area contributed by atoms with E-state index in [9.17, 15) is 4.39 Å². The molecule has 0 unspecified atom stereocenters. The largest absolute Gasteiger partial charge is 0.482 e. The summed E-state index contributed by atoms with van der Waals surface area (Å²) in [5.41, 5.74) is 0.879. The number of halogens is 1. The van der Waals surface area contributed by atoms with E-state index in [2.05, 4.69) is 20.7 Å². The highest BCUT2D eigenvalue weighted by Gasteiger charge is 2.07. The van der Waals surface area contributed by atoms with Gasteiger partial charge in [0.15, 0.2) is 18.2 Å². The van der Waals surface area contributed by atoms with Gasteiger partial charge >= 0.3 is 0 Å². The van der Waals surface area contributed by atoms with E-state index >= 15 is 0 Å². The number of nitrogens with zero attached hydrogens (tertiary/aromatic N) is 4. The normalized spacial score (nSPS) is 10.7. The van der Waals surface area contributed by atoms with Gasteiger partial charge in [-0.25, -0.2) is 4.39 Å². The number of ether oxygens (including phenoxy) is 1. The molecule has 0 aliphatic carbocycles. The Hall–Kier alpha value is -2.02. The van der Waals surface area contributed by atoms with E-state index in [4.69, 9.17) is 4.74 Å². The predicted molar refractivity (Wildman–Crippen MR) is 66.9 cm³/mol. The van der Waals surface area contributed by atoms with E-state index in [0.29, 0.717) is 12.4 Å². The minimum atomic E-state index is -0.390. The van der Waals surface area contributed by atoms with Crippen LogP contribution in [0.25, 0.3) is 0 Å². The first-order valence-corrected chi connectivity index (χ1v) is 6.04. The average molecular weight is 265 g/mol. The van der Waals surface area contributed by atoms with E-state index in [-0.39, 0.29) is 18.2 Å². The summed E-state index contributed by atoms with van der Waals surface area (Å²) >= 11 is 0. The fourth-order valence-corrected chi connectivity index (χ4v) is 1.56. The summed E-state index contributed by atoms with van der Waals surface area (Å²) in [7, 11) is 1.66. The zero-order valence-electron chi connectivity index (χ0n) is 10.9. The Morgan fingerprint density at radius 3 is 2.89 bits per heavy atom. The zero-order valence-corrected chi connectivity index (χ0v) is 10.9. The highest BCUT2D eigenvalue weighted by Crippen LogP contribution is 2.19. The molecule has 0 radical (unpaired) electrons. The van der Waals surface area contributed by atoms with Crippen LogP contribution in [0.3, 0.4) is 0 Å². The van der Waals surface area contributed by atoms with E-state index < -0.39 is 0 Å². The number of benzene rings is 1. The van der Waals surface area contributed by atoms with Crippen molar-refractivity contribution in [2.75, 3.05) is 6.54 Å². The molecule has 6 nitrogen and oxygen atoms in total. The van der Waals surface area contributed by atoms with Crippen molar-refractivity contribution < 1.29 is 9.13 Å². The number of hydrogen-bond acceptors (Lipinski definition) is 5. The van der Waals surface area contributed by atoms with E-state index in [0.717, 1.165) is 12.1 Å². The van der Waals surface area contributed by atoms with Crippen LogP contribution >= 0.6 is 0 Å². The monoisotopic (exact) mass is 265 g/mol. The van der Waals surface area contributed by atoms with Gasteiger partial charge in [0.1, 0.15) is 0 Å². The summed E-state index contributed by atoms with van der Waals surface area (Å²) in [6, 6.07) is 4.89. The number of hydrogen-bond donors (Lipinski definition) is 1. The SMILES string of the molecule is CCNCc1ccc(OCc2nnn(C)n2)c(F)c1. The topological polar surface area (TPSA) is 64.9 Å². The van der Waals surface area contributed by atoms with Gasteiger partial charge in [-0.1, -0.05) is 13.0 Å². The lowest BCUT2D eigenvalue weighted by Crippen LogP contribution is -2.11. The maximum absolute atomic E-state index is 13.8. The van der Waals surface area contributed by atoms with Crippen LogP contribution in [-0.2, 0) is 20.2 Å². The second-order valence-corrected chi connectivity index (χ2v) is 4.03. The van der Waals surface area contributed by atoms with Crippen LogP contribution in [0.1, 0.15) is 18.3 Å². The molecule has 0 saturated carbocycles. The summed E-state index contributed by atoms with van der Waals surface area (Å²) < 4.78 is 19.1. The Kier molecular flexibility index (Phi) is 4.40. The molecule has 2 aromatic rings. The van der Waals surface area contributed by atoms with Crippen LogP contribution in [0, 0.1) is 5.82 Å². The van der Waals surface area contributed by atoms with Gasteiger partial charge in [0, 0.05) is 6.54 Å². The number of rotatable bonds is 6. The van der Waals surface area contributed by atoms with Gasteiger partial charge in [-0.2, -0.15) is 4.80 Å². The minimum absolute atomic E-state index is 0.0946. The Bertz CT molecular complexity index is 543. The van der Waals surface area contributed by atoms with Crippen molar-refractivity contribution in [3.63, 3.8) is 0 Å². The number of nitrogens with one attached hydrogen (secondary N) is 1. The first-order chi connectivity index (χ1) is 9.19. The zero-order chi connectivity index (χ0) is 13.7. The van der Waals surface area contributed by atoms with Crippen LogP contribution in [0.15, 0.2) is 18.2 Å². The summed E-state index contributed by atoms with van der Waals surface area (Å²) in [6.07, 6.45) is 0. The van der Waals surface area contributed by atoms with Gasteiger partial charge in [0.2, 0.25) is 5.82 Å². The van der Waals surface area contributed by atoms with Crippen LogP contribution in [0.4, 0.5) is 4.39 Å². The molecule has 7 heteroatoms. The molecule has 0 spiro atoms. The molecule has 0 aliphatic rings. The number of aromatic nitrogens is 4. The minimum Gasteiger partial charge on any atom is -0.482 e. The molecule has 0 aliphatic heterocycles. The van der Waals surface area contributed by atoms with Gasteiger partial charge in [-0.3, -0.25) is 0 Å². The molecule has 1 heterocycles. The lowest BCUT2D eigenvalue weighted by atomic mass is 10.2. The molecule has 1 aromatic carbocycles. The van der Waals surface area contributed by atoms with Crippen molar-refractivity contribution in [1.29, 1.82) is 0 Å². The molecule has 1 aromatic heterocycles. The standard InChI is InChI=1S/C12H16FN5O/c1-3-14-7-9-4-5-11(10(13)6-9)19-8-12-15-17-18(2)16-12/h4-6,14H,3,7-8H2,1-2H3. The second kappa shape index (κ2) is 6.24. The molecular weight excluding hydrogens is 249 g/mol. The highest BCUT2D eigenvalue weighted by molar-refractivity contribution is 5.29. The Labute approximate surface area is 110 Å². The third kappa shape index (κ3) is 3.72. The maximum atomic E-state index is 13.8. The quantitative estimate of drug-likeness (QED) is 0.845. The van der Waals surface area contributed by atoms with Crippen molar-refractivity contribution >= 4 is 0 Å². The second-order valence-electron chi connectivity index (χ2n) is 4.03. The summed E-state index contributed by atoms with van der Waals surface area (Å²) in [5, 5.41) is 14.5. The van der Waals surface area contributed by atoms with Crippen LogP contribution in [0.5, 0.6) is 5.75 Å². The predicted octanol–water partition coefficient (Wildman–Crippen LogP) is 1.04. The van der Waals surface area contributed by atoms with Crippen molar-refractivity contribution in [2.24, 2.45) is 7.05 Å². The molecule has 0 bridgehead atoms. The van der Waals surface area contributed by atoms with Gasteiger partial charge < -0.3 is 10.1 Å². The van der Waals surface area contributed by atoms with E-state index in [1.54, 1.807) is 13.1 Å². The van der Waals surface area contributed by atoms with Crippen LogP contribution in [-0.4, -0.2) is 26.8 Å². The molecule has 0 amide bonds. The fourth-order valence-electron chi connectivity index (χ4n) is 1.56. The first kappa shape index (κ1) is 13.4. The summed E-state index contributed by atoms with van der Waals surface area (Å²) in [5.74, 6) is 0.214. The third-order valence-electron chi connectivity index (χ3n) is 2.48. The van der Waals surface area contributed by atoms with E-state index in [1.165, 1.54) is 10.9 Å². The highest BCUT2D eigenvalue weighted by atomic mass is 19.1. The lowest BCUT2D eigenvalue weighted by Gasteiger charge is -2.07. The Morgan fingerprint density at radius 2 is 2.26 bits per heavy atom. The van der Waals surface area contributed by atoms with Crippen molar-refractivity contribution in [1.82, 2.24) is 25.5 Å².